The average Bonchev–Trinajstić information content (AvgIpc) is 3.64. The topological polar surface area (TPSA) is 48.7 Å². The molecule has 5 nitrogen and oxygen atoms in total. The molecule has 2 saturated carbocycles. The van der Waals surface area contributed by atoms with Gasteiger partial charge in [-0.1, -0.05) is 18.2 Å². The minimum absolute atomic E-state index is 0.155. The maximum Gasteiger partial charge on any atom is 0.423 e. The van der Waals surface area contributed by atoms with Crippen molar-refractivity contribution < 1.29 is 22.6 Å². The quantitative estimate of drug-likeness (QED) is 0.549. The molecule has 5 rings (SSSR count). The lowest BCUT2D eigenvalue weighted by Gasteiger charge is -2.15. The van der Waals surface area contributed by atoms with Crippen molar-refractivity contribution in [2.45, 2.75) is 37.8 Å². The SMILES string of the molecule is COc1ccccc1[C@H]1C[C@@H]1COc1ccn2c(CC3CC3)nnc2c1C(F)(F)F. The van der Waals surface area contributed by atoms with Crippen LogP contribution in [0.25, 0.3) is 5.65 Å². The van der Waals surface area contributed by atoms with Crippen molar-refractivity contribution in [1.29, 1.82) is 0 Å². The number of nitrogens with zero attached hydrogens (tertiary/aromatic N) is 3. The van der Waals surface area contributed by atoms with E-state index in [2.05, 4.69) is 10.2 Å². The van der Waals surface area contributed by atoms with E-state index in [1.54, 1.807) is 13.3 Å². The number of ether oxygens (including phenoxy) is 2. The number of alkyl halides is 3. The summed E-state index contributed by atoms with van der Waals surface area (Å²) in [5, 5.41) is 7.86. The third-order valence-electron chi connectivity index (χ3n) is 5.98. The first-order chi connectivity index (χ1) is 14.5. The molecule has 158 valence electrons. The van der Waals surface area contributed by atoms with Gasteiger partial charge in [-0.25, -0.2) is 0 Å². The molecule has 2 aromatic heterocycles. The summed E-state index contributed by atoms with van der Waals surface area (Å²) in [6.45, 7) is 0.213. The Balaban J connectivity index is 1.37. The molecular formula is C22H22F3N3O2. The van der Waals surface area contributed by atoms with Crippen molar-refractivity contribution in [3.63, 3.8) is 0 Å². The summed E-state index contributed by atoms with van der Waals surface area (Å²) in [6, 6.07) is 9.11. The Morgan fingerprint density at radius 3 is 2.63 bits per heavy atom. The van der Waals surface area contributed by atoms with Crippen molar-refractivity contribution in [2.24, 2.45) is 11.8 Å². The molecule has 0 unspecified atom stereocenters. The number of pyridine rings is 1. The Bertz CT molecular complexity index is 1080. The highest BCUT2D eigenvalue weighted by atomic mass is 19.4. The van der Waals surface area contributed by atoms with Crippen molar-refractivity contribution in [2.75, 3.05) is 13.7 Å². The maximum absolute atomic E-state index is 13.9. The molecular weight excluding hydrogens is 395 g/mol. The molecule has 8 heteroatoms. The number of hydrogen-bond acceptors (Lipinski definition) is 4. The maximum atomic E-state index is 13.9. The Morgan fingerprint density at radius 2 is 1.90 bits per heavy atom. The Labute approximate surface area is 171 Å². The third kappa shape index (κ3) is 3.59. The molecule has 0 amide bonds. The van der Waals surface area contributed by atoms with Crippen LogP contribution in [0.5, 0.6) is 11.5 Å². The summed E-state index contributed by atoms with van der Waals surface area (Å²) < 4.78 is 54.1. The number of aromatic nitrogens is 3. The Kier molecular flexibility index (Phi) is 4.60. The molecule has 0 N–H and O–H groups in total. The van der Waals surface area contributed by atoms with Gasteiger partial charge in [-0.3, -0.25) is 4.40 Å². The average molecular weight is 417 g/mol. The number of para-hydroxylation sites is 1. The number of benzene rings is 1. The minimum atomic E-state index is -4.58. The van der Waals surface area contributed by atoms with Crippen LogP contribution in [-0.4, -0.2) is 28.3 Å². The van der Waals surface area contributed by atoms with Crippen LogP contribution in [0.3, 0.4) is 0 Å². The number of rotatable bonds is 7. The second kappa shape index (κ2) is 7.18. The van der Waals surface area contributed by atoms with Gasteiger partial charge in [-0.2, -0.15) is 13.2 Å². The highest BCUT2D eigenvalue weighted by Gasteiger charge is 2.42. The van der Waals surface area contributed by atoms with Crippen LogP contribution in [0.15, 0.2) is 36.5 Å². The van der Waals surface area contributed by atoms with E-state index in [4.69, 9.17) is 9.47 Å². The number of fused-ring (bicyclic) bond motifs is 1. The largest absolute Gasteiger partial charge is 0.496 e. The first kappa shape index (κ1) is 19.2. The van der Waals surface area contributed by atoms with Gasteiger partial charge >= 0.3 is 6.18 Å². The van der Waals surface area contributed by atoms with Gasteiger partial charge in [-0.15, -0.1) is 10.2 Å². The van der Waals surface area contributed by atoms with Crippen molar-refractivity contribution in [1.82, 2.24) is 14.6 Å². The number of halogens is 3. The van der Waals surface area contributed by atoms with Crippen LogP contribution >= 0.6 is 0 Å². The van der Waals surface area contributed by atoms with E-state index in [1.165, 1.54) is 10.5 Å². The van der Waals surface area contributed by atoms with Crippen LogP contribution in [0.2, 0.25) is 0 Å². The van der Waals surface area contributed by atoms with Gasteiger partial charge in [0.2, 0.25) is 0 Å². The second-order valence-electron chi connectivity index (χ2n) is 8.17. The van der Waals surface area contributed by atoms with E-state index in [1.807, 2.05) is 24.3 Å². The smallest absolute Gasteiger partial charge is 0.423 e. The van der Waals surface area contributed by atoms with E-state index >= 15 is 0 Å². The lowest BCUT2D eigenvalue weighted by Crippen LogP contribution is -2.13. The summed E-state index contributed by atoms with van der Waals surface area (Å²) in [7, 11) is 1.62. The standard InChI is InChI=1S/C22H22F3N3O2/c1-29-17-5-3-2-4-15(17)16-11-14(16)12-30-18-8-9-28-19(10-13-6-7-13)26-27-21(28)20(18)22(23,24)25/h2-5,8-9,13-14,16H,6-7,10-12H2,1H3/t14-,16+/m1/s1. The van der Waals surface area contributed by atoms with Crippen molar-refractivity contribution in [3.05, 3.63) is 53.5 Å². The molecule has 3 aromatic rings. The fraction of sp³-hybridized carbons (Fsp3) is 0.455. The fourth-order valence-corrected chi connectivity index (χ4v) is 4.07. The fourth-order valence-electron chi connectivity index (χ4n) is 4.07. The zero-order valence-corrected chi connectivity index (χ0v) is 16.5. The Morgan fingerprint density at radius 1 is 1.10 bits per heavy atom. The highest BCUT2D eigenvalue weighted by molar-refractivity contribution is 5.57. The molecule has 2 fully saturated rings. The summed E-state index contributed by atoms with van der Waals surface area (Å²) >= 11 is 0. The molecule has 0 radical (unpaired) electrons. The third-order valence-corrected chi connectivity index (χ3v) is 5.98. The first-order valence-electron chi connectivity index (χ1n) is 10.1. The van der Waals surface area contributed by atoms with E-state index in [9.17, 15) is 13.2 Å². The van der Waals surface area contributed by atoms with E-state index < -0.39 is 11.7 Å². The van der Waals surface area contributed by atoms with Crippen LogP contribution in [-0.2, 0) is 12.6 Å². The van der Waals surface area contributed by atoms with Gasteiger partial charge in [0.15, 0.2) is 5.65 Å². The molecule has 2 heterocycles. The number of hydrogen-bond donors (Lipinski definition) is 0. The van der Waals surface area contributed by atoms with Crippen molar-refractivity contribution >= 4 is 5.65 Å². The van der Waals surface area contributed by atoms with Crippen LogP contribution in [0.4, 0.5) is 13.2 Å². The predicted octanol–water partition coefficient (Wildman–Crippen LogP) is 4.89. The van der Waals surface area contributed by atoms with E-state index in [-0.39, 0.29) is 29.8 Å². The van der Waals surface area contributed by atoms with E-state index in [0.29, 0.717) is 18.2 Å². The second-order valence-corrected chi connectivity index (χ2v) is 8.17. The summed E-state index contributed by atoms with van der Waals surface area (Å²) in [6.07, 6.45) is 0.714. The first-order valence-corrected chi connectivity index (χ1v) is 10.1. The van der Waals surface area contributed by atoms with Crippen molar-refractivity contribution in [3.8, 4) is 11.5 Å². The molecule has 1 aromatic carbocycles. The van der Waals surface area contributed by atoms with Gasteiger partial charge in [-0.05, 0) is 48.8 Å². The number of methoxy groups -OCH3 is 1. The zero-order valence-electron chi connectivity index (χ0n) is 16.5. The summed E-state index contributed by atoms with van der Waals surface area (Å²) in [5.74, 6) is 2.08. The molecule has 0 aliphatic heterocycles. The molecule has 0 saturated heterocycles. The lowest BCUT2D eigenvalue weighted by atomic mass is 10.1. The van der Waals surface area contributed by atoms with Gasteiger partial charge in [0.05, 0.1) is 13.7 Å². The van der Waals surface area contributed by atoms with Gasteiger partial charge in [0.25, 0.3) is 0 Å². The summed E-state index contributed by atoms with van der Waals surface area (Å²) in [4.78, 5) is 0. The molecule has 30 heavy (non-hydrogen) atoms. The highest BCUT2D eigenvalue weighted by Crippen LogP contribution is 2.51. The molecule has 2 aliphatic carbocycles. The monoisotopic (exact) mass is 417 g/mol. The van der Waals surface area contributed by atoms with Crippen LogP contribution < -0.4 is 9.47 Å². The molecule has 2 atom stereocenters. The molecule has 0 bridgehead atoms. The predicted molar refractivity (Wildman–Crippen MR) is 104 cm³/mol. The lowest BCUT2D eigenvalue weighted by molar-refractivity contribution is -0.138. The minimum Gasteiger partial charge on any atom is -0.496 e. The van der Waals surface area contributed by atoms with Crippen LogP contribution in [0, 0.1) is 11.8 Å². The normalized spacial score (nSPS) is 21.1. The molecule has 2 aliphatic rings. The van der Waals surface area contributed by atoms with Gasteiger partial charge in [0.1, 0.15) is 22.9 Å². The molecule has 0 spiro atoms. The van der Waals surface area contributed by atoms with E-state index in [0.717, 1.165) is 30.6 Å². The summed E-state index contributed by atoms with van der Waals surface area (Å²) in [5.41, 5.74) is 0.0315. The zero-order chi connectivity index (χ0) is 20.9. The van der Waals surface area contributed by atoms with Gasteiger partial charge in [0, 0.05) is 18.5 Å². The Hall–Kier alpha value is -2.77. The van der Waals surface area contributed by atoms with Crippen LogP contribution in [0.1, 0.15) is 42.1 Å². The van der Waals surface area contributed by atoms with Gasteiger partial charge < -0.3 is 9.47 Å².